The Balaban J connectivity index is 2.99. The van der Waals surface area contributed by atoms with E-state index in [9.17, 15) is 0 Å². The molecular weight excluding hydrogens is 192 g/mol. The fourth-order valence-electron chi connectivity index (χ4n) is 1.54. The van der Waals surface area contributed by atoms with Gasteiger partial charge in [-0.3, -0.25) is 0 Å². The number of benzene rings is 1. The largest absolute Gasteiger partial charge is 0.126 e. The molecule has 0 saturated heterocycles. The predicted molar refractivity (Wildman–Crippen MR) is 64.9 cm³/mol. The van der Waals surface area contributed by atoms with Crippen molar-refractivity contribution in [3.63, 3.8) is 0 Å². The summed E-state index contributed by atoms with van der Waals surface area (Å²) < 4.78 is 0. The second-order valence-corrected chi connectivity index (χ2v) is 4.06. The summed E-state index contributed by atoms with van der Waals surface area (Å²) in [4.78, 5) is 0. The third-order valence-electron chi connectivity index (χ3n) is 2.38. The molecule has 1 aromatic rings. The van der Waals surface area contributed by atoms with E-state index >= 15 is 0 Å². The van der Waals surface area contributed by atoms with Crippen LogP contribution in [0.3, 0.4) is 0 Å². The molecule has 0 nitrogen and oxygen atoms in total. The van der Waals surface area contributed by atoms with Gasteiger partial charge in [-0.15, -0.1) is 11.6 Å². The van der Waals surface area contributed by atoms with E-state index < -0.39 is 0 Å². The summed E-state index contributed by atoms with van der Waals surface area (Å²) >= 11 is 5.66. The minimum atomic E-state index is 0.697. The molecule has 0 saturated carbocycles. The first kappa shape index (κ1) is 11.3. The van der Waals surface area contributed by atoms with Gasteiger partial charge in [0.05, 0.1) is 0 Å². The molecule has 0 N–H and O–H groups in total. The van der Waals surface area contributed by atoms with Gasteiger partial charge < -0.3 is 0 Å². The van der Waals surface area contributed by atoms with Gasteiger partial charge in [-0.25, -0.2) is 0 Å². The molecule has 0 spiro atoms. The molecule has 0 bridgehead atoms. The van der Waals surface area contributed by atoms with Crippen LogP contribution in [0.4, 0.5) is 0 Å². The van der Waals surface area contributed by atoms with Crippen molar-refractivity contribution in [2.45, 2.75) is 27.2 Å². The standard InChI is InChI=1S/C13H17Cl/c1-10-6-7-12(3)13(9-10)11(2)5-4-8-14/h5-7,9H,4,8H2,1-3H3. The van der Waals surface area contributed by atoms with Crippen LogP contribution in [0.15, 0.2) is 24.3 Å². The highest BCUT2D eigenvalue weighted by atomic mass is 35.5. The van der Waals surface area contributed by atoms with Crippen LogP contribution in [-0.4, -0.2) is 5.88 Å². The lowest BCUT2D eigenvalue weighted by Crippen LogP contribution is -1.87. The van der Waals surface area contributed by atoms with E-state index in [1.54, 1.807) is 0 Å². The first-order chi connectivity index (χ1) is 6.65. The second-order valence-electron chi connectivity index (χ2n) is 3.68. The molecule has 0 amide bonds. The van der Waals surface area contributed by atoms with Crippen molar-refractivity contribution in [2.24, 2.45) is 0 Å². The summed E-state index contributed by atoms with van der Waals surface area (Å²) in [6.45, 7) is 6.42. The highest BCUT2D eigenvalue weighted by molar-refractivity contribution is 6.17. The van der Waals surface area contributed by atoms with Crippen LogP contribution in [0.5, 0.6) is 0 Å². The zero-order valence-electron chi connectivity index (χ0n) is 9.10. The lowest BCUT2D eigenvalue weighted by atomic mass is 9.99. The van der Waals surface area contributed by atoms with Crippen LogP contribution in [-0.2, 0) is 0 Å². The van der Waals surface area contributed by atoms with Gasteiger partial charge in [-0.1, -0.05) is 29.8 Å². The SMILES string of the molecule is CC(=CCCCl)c1cc(C)ccc1C. The van der Waals surface area contributed by atoms with Crippen molar-refractivity contribution in [1.82, 2.24) is 0 Å². The summed E-state index contributed by atoms with van der Waals surface area (Å²) in [5.41, 5.74) is 5.31. The van der Waals surface area contributed by atoms with Crippen molar-refractivity contribution in [2.75, 3.05) is 5.88 Å². The highest BCUT2D eigenvalue weighted by Gasteiger charge is 1.99. The molecule has 0 aromatic heterocycles. The zero-order chi connectivity index (χ0) is 10.6. The molecule has 0 heterocycles. The molecule has 0 atom stereocenters. The number of aryl methyl sites for hydroxylation is 2. The number of rotatable bonds is 3. The van der Waals surface area contributed by atoms with Gasteiger partial charge in [0.15, 0.2) is 0 Å². The van der Waals surface area contributed by atoms with Gasteiger partial charge in [-0.05, 0) is 43.9 Å². The van der Waals surface area contributed by atoms with Gasteiger partial charge in [-0.2, -0.15) is 0 Å². The smallest absolute Gasteiger partial charge is 0.0258 e. The summed E-state index contributed by atoms with van der Waals surface area (Å²) in [5, 5.41) is 0. The average molecular weight is 209 g/mol. The van der Waals surface area contributed by atoms with E-state index in [1.807, 2.05) is 0 Å². The second kappa shape index (κ2) is 5.21. The van der Waals surface area contributed by atoms with Gasteiger partial charge in [0, 0.05) is 5.88 Å². The van der Waals surface area contributed by atoms with Crippen LogP contribution in [0.2, 0.25) is 0 Å². The number of halogens is 1. The Kier molecular flexibility index (Phi) is 4.21. The molecule has 1 aromatic carbocycles. The van der Waals surface area contributed by atoms with E-state index in [2.05, 4.69) is 45.0 Å². The molecule has 1 rings (SSSR count). The van der Waals surface area contributed by atoms with Gasteiger partial charge in [0.25, 0.3) is 0 Å². The Morgan fingerprint density at radius 3 is 2.71 bits per heavy atom. The molecule has 0 aliphatic heterocycles. The topological polar surface area (TPSA) is 0 Å². The summed E-state index contributed by atoms with van der Waals surface area (Å²) in [6, 6.07) is 6.55. The fourth-order valence-corrected chi connectivity index (χ4v) is 1.65. The van der Waals surface area contributed by atoms with Crippen LogP contribution in [0.25, 0.3) is 5.57 Å². The minimum absolute atomic E-state index is 0.697. The Morgan fingerprint density at radius 1 is 1.36 bits per heavy atom. The average Bonchev–Trinajstić information content (AvgIpc) is 2.18. The van der Waals surface area contributed by atoms with Gasteiger partial charge >= 0.3 is 0 Å². The summed E-state index contributed by atoms with van der Waals surface area (Å²) in [5.74, 6) is 0.697. The van der Waals surface area contributed by atoms with E-state index in [-0.39, 0.29) is 0 Å². The number of hydrogen-bond acceptors (Lipinski definition) is 0. The summed E-state index contributed by atoms with van der Waals surface area (Å²) in [6.07, 6.45) is 3.15. The number of alkyl halides is 1. The van der Waals surface area contributed by atoms with E-state index in [4.69, 9.17) is 11.6 Å². The first-order valence-corrected chi connectivity index (χ1v) is 5.49. The van der Waals surface area contributed by atoms with Crippen LogP contribution in [0.1, 0.15) is 30.0 Å². The van der Waals surface area contributed by atoms with Crippen molar-refractivity contribution < 1.29 is 0 Å². The lowest BCUT2D eigenvalue weighted by molar-refractivity contribution is 1.23. The van der Waals surface area contributed by atoms with Gasteiger partial charge in [0.1, 0.15) is 0 Å². The van der Waals surface area contributed by atoms with Crippen molar-refractivity contribution in [3.05, 3.63) is 41.0 Å². The Labute approximate surface area is 91.6 Å². The molecule has 1 heteroatoms. The highest BCUT2D eigenvalue weighted by Crippen LogP contribution is 2.20. The van der Waals surface area contributed by atoms with Crippen molar-refractivity contribution in [3.8, 4) is 0 Å². The van der Waals surface area contributed by atoms with Crippen LogP contribution < -0.4 is 0 Å². The first-order valence-electron chi connectivity index (χ1n) is 4.95. The van der Waals surface area contributed by atoms with E-state index in [1.165, 1.54) is 22.3 Å². The van der Waals surface area contributed by atoms with E-state index in [0.717, 1.165) is 6.42 Å². The van der Waals surface area contributed by atoms with Crippen molar-refractivity contribution >= 4 is 17.2 Å². The molecule has 0 aliphatic carbocycles. The van der Waals surface area contributed by atoms with Crippen LogP contribution >= 0.6 is 11.6 Å². The zero-order valence-corrected chi connectivity index (χ0v) is 9.86. The Hall–Kier alpha value is -0.750. The van der Waals surface area contributed by atoms with E-state index in [0.29, 0.717) is 5.88 Å². The normalized spacial score (nSPS) is 11.9. The molecule has 14 heavy (non-hydrogen) atoms. The quantitative estimate of drug-likeness (QED) is 0.649. The fraction of sp³-hybridized carbons (Fsp3) is 0.385. The monoisotopic (exact) mass is 208 g/mol. The minimum Gasteiger partial charge on any atom is -0.126 e. The van der Waals surface area contributed by atoms with Crippen LogP contribution in [0, 0.1) is 13.8 Å². The van der Waals surface area contributed by atoms with Crippen molar-refractivity contribution in [1.29, 1.82) is 0 Å². The number of allylic oxidation sites excluding steroid dienone is 2. The maximum Gasteiger partial charge on any atom is 0.0258 e. The molecule has 0 aliphatic rings. The molecule has 0 fully saturated rings. The molecular formula is C13H17Cl. The third-order valence-corrected chi connectivity index (χ3v) is 2.60. The summed E-state index contributed by atoms with van der Waals surface area (Å²) in [7, 11) is 0. The maximum atomic E-state index is 5.66. The Morgan fingerprint density at radius 2 is 2.07 bits per heavy atom. The molecule has 0 unspecified atom stereocenters. The Bertz CT molecular complexity index is 337. The predicted octanol–water partition coefficient (Wildman–Crippen LogP) is 4.34. The number of hydrogen-bond donors (Lipinski definition) is 0. The molecule has 76 valence electrons. The molecule has 0 radical (unpaired) electrons. The third kappa shape index (κ3) is 2.88. The maximum absolute atomic E-state index is 5.66. The lowest BCUT2D eigenvalue weighted by Gasteiger charge is -2.07. The van der Waals surface area contributed by atoms with Gasteiger partial charge in [0.2, 0.25) is 0 Å².